The number of aliphatic hydroxyl groups is 1. The molecule has 1 heterocycles. The first-order valence-electron chi connectivity index (χ1n) is 6.87. The van der Waals surface area contributed by atoms with Crippen molar-refractivity contribution in [3.8, 4) is 0 Å². The molecule has 114 valence electrons. The van der Waals surface area contributed by atoms with Crippen LogP contribution in [-0.2, 0) is 0 Å². The van der Waals surface area contributed by atoms with Crippen LogP contribution in [0.4, 0.5) is 0 Å². The predicted octanol–water partition coefficient (Wildman–Crippen LogP) is 1.71. The lowest BCUT2D eigenvalue weighted by molar-refractivity contribution is 0.329. The molecule has 0 saturated heterocycles. The third-order valence-electron chi connectivity index (χ3n) is 3.23. The van der Waals surface area contributed by atoms with Gasteiger partial charge in [0.15, 0.2) is 0 Å². The summed E-state index contributed by atoms with van der Waals surface area (Å²) in [7, 11) is 2.02. The van der Waals surface area contributed by atoms with Crippen LogP contribution in [0.5, 0.6) is 0 Å². The maximum absolute atomic E-state index is 10.3. The number of aliphatic hydroxyl groups excluding tert-OH is 1. The van der Waals surface area contributed by atoms with Crippen LogP contribution < -0.4 is 0 Å². The van der Waals surface area contributed by atoms with Crippen LogP contribution in [0, 0.1) is 0 Å². The van der Waals surface area contributed by atoms with Gasteiger partial charge in [0.25, 0.3) is 0 Å². The van der Waals surface area contributed by atoms with Gasteiger partial charge in [-0.1, -0.05) is 36.4 Å². The van der Waals surface area contributed by atoms with Crippen molar-refractivity contribution in [2.75, 3.05) is 14.1 Å². The van der Waals surface area contributed by atoms with E-state index in [4.69, 9.17) is 0 Å². The summed E-state index contributed by atoms with van der Waals surface area (Å²) in [6.45, 7) is 0. The minimum Gasteiger partial charge on any atom is -0.506 e. The summed E-state index contributed by atoms with van der Waals surface area (Å²) in [5.74, 6) is -0.0550. The van der Waals surface area contributed by atoms with Gasteiger partial charge in [-0.05, 0) is 30.0 Å². The Hall–Kier alpha value is -2.44. The number of allylic oxidation sites excluding steroid dienone is 3. The first-order valence-corrected chi connectivity index (χ1v) is 6.87. The summed E-state index contributed by atoms with van der Waals surface area (Å²) in [5, 5.41) is 29.1. The van der Waals surface area contributed by atoms with E-state index in [0.29, 0.717) is 5.70 Å². The third kappa shape index (κ3) is 3.81. The molecule has 6 heteroatoms. The van der Waals surface area contributed by atoms with E-state index in [2.05, 4.69) is 0 Å². The van der Waals surface area contributed by atoms with E-state index < -0.39 is 7.25 Å². The van der Waals surface area contributed by atoms with Gasteiger partial charge in [0.2, 0.25) is 0 Å². The maximum atomic E-state index is 10.3. The second-order valence-corrected chi connectivity index (χ2v) is 5.05. The van der Waals surface area contributed by atoms with Gasteiger partial charge in [-0.25, -0.2) is 0 Å². The fourth-order valence-corrected chi connectivity index (χ4v) is 2.01. The largest absolute Gasteiger partial charge is 0.592 e. The molecule has 0 spiro atoms. The van der Waals surface area contributed by atoms with Crippen molar-refractivity contribution < 1.29 is 15.2 Å². The Morgan fingerprint density at radius 2 is 1.86 bits per heavy atom. The highest BCUT2D eigenvalue weighted by Crippen LogP contribution is 2.22. The number of likely N-dealkylation sites (N-methyl/N-ethyl adjacent to an activating group) is 1. The molecule has 0 aliphatic carbocycles. The molecule has 0 fully saturated rings. The Kier molecular flexibility index (Phi) is 5.09. The summed E-state index contributed by atoms with van der Waals surface area (Å²) in [6, 6.07) is 9.55. The van der Waals surface area contributed by atoms with Crippen molar-refractivity contribution in [3.63, 3.8) is 0 Å². The summed E-state index contributed by atoms with van der Waals surface area (Å²) in [4.78, 5) is 3.05. The second-order valence-electron chi connectivity index (χ2n) is 5.05. The molecule has 1 aromatic carbocycles. The molecule has 0 amide bonds. The lowest BCUT2D eigenvalue weighted by Crippen LogP contribution is -2.36. The highest BCUT2D eigenvalue weighted by atomic mass is 16.4. The predicted molar refractivity (Wildman–Crippen MR) is 88.1 cm³/mol. The smallest absolute Gasteiger partial charge is 0.506 e. The highest BCUT2D eigenvalue weighted by Gasteiger charge is 2.25. The van der Waals surface area contributed by atoms with Gasteiger partial charge >= 0.3 is 7.25 Å². The summed E-state index contributed by atoms with van der Waals surface area (Å²) >= 11 is 0. The van der Waals surface area contributed by atoms with Gasteiger partial charge in [-0.2, -0.15) is 0 Å². The van der Waals surface area contributed by atoms with Crippen molar-refractivity contribution in [2.24, 2.45) is 0 Å². The van der Waals surface area contributed by atoms with Gasteiger partial charge in [-0.15, -0.1) is 0 Å². The average Bonchev–Trinajstić information content (AvgIpc) is 2.52. The third-order valence-corrected chi connectivity index (χ3v) is 3.23. The van der Waals surface area contributed by atoms with Crippen molar-refractivity contribution in [1.82, 2.24) is 9.71 Å². The topological polar surface area (TPSA) is 67.2 Å². The van der Waals surface area contributed by atoms with E-state index in [9.17, 15) is 15.2 Å². The SMILES string of the molecule is CN(C)C1=C/C(=C(O)/C=C/c2ccccc2)N(B(O)O)C=C1. The fourth-order valence-electron chi connectivity index (χ4n) is 2.01. The van der Waals surface area contributed by atoms with E-state index in [1.54, 1.807) is 18.2 Å². The Balaban J connectivity index is 2.34. The molecule has 5 nitrogen and oxygen atoms in total. The Labute approximate surface area is 130 Å². The monoisotopic (exact) mass is 298 g/mol. The number of hydrogen-bond acceptors (Lipinski definition) is 5. The van der Waals surface area contributed by atoms with Gasteiger partial charge in [-0.3, -0.25) is 0 Å². The Morgan fingerprint density at radius 3 is 2.45 bits per heavy atom. The molecule has 0 saturated carbocycles. The summed E-state index contributed by atoms with van der Waals surface area (Å²) < 4.78 is 0. The van der Waals surface area contributed by atoms with Crippen LogP contribution in [-0.4, -0.2) is 46.2 Å². The number of rotatable bonds is 4. The molecule has 0 aromatic heterocycles. The molecule has 2 rings (SSSR count). The molecule has 1 aliphatic heterocycles. The van der Waals surface area contributed by atoms with E-state index in [0.717, 1.165) is 11.3 Å². The molecule has 1 aliphatic rings. The van der Waals surface area contributed by atoms with Gasteiger partial charge in [0, 0.05) is 19.8 Å². The van der Waals surface area contributed by atoms with Crippen LogP contribution >= 0.6 is 0 Å². The first kappa shape index (κ1) is 15.9. The second kappa shape index (κ2) is 7.02. The average molecular weight is 298 g/mol. The fraction of sp³-hybridized carbons (Fsp3) is 0.125. The zero-order valence-corrected chi connectivity index (χ0v) is 12.6. The normalized spacial score (nSPS) is 16.7. The van der Waals surface area contributed by atoms with E-state index in [-0.39, 0.29) is 5.76 Å². The Morgan fingerprint density at radius 1 is 1.18 bits per heavy atom. The van der Waals surface area contributed by atoms with Crippen molar-refractivity contribution in [2.45, 2.75) is 0 Å². The standard InChI is InChI=1S/C16H19BN2O3/c1-18(2)14-10-11-19(17(21)22)15(12-14)16(20)9-8-13-6-4-3-5-7-13/h3-12,20-22H,1-2H3/b9-8+,16-15+. The molecular formula is C16H19BN2O3. The van der Waals surface area contributed by atoms with Gasteiger partial charge in [0.1, 0.15) is 5.76 Å². The molecule has 22 heavy (non-hydrogen) atoms. The van der Waals surface area contributed by atoms with Crippen LogP contribution in [0.1, 0.15) is 5.56 Å². The van der Waals surface area contributed by atoms with Gasteiger partial charge in [0.05, 0.1) is 5.70 Å². The molecule has 0 atom stereocenters. The molecule has 1 aromatic rings. The zero-order chi connectivity index (χ0) is 16.1. The van der Waals surface area contributed by atoms with Crippen molar-refractivity contribution in [1.29, 1.82) is 0 Å². The van der Waals surface area contributed by atoms with Crippen LogP contribution in [0.3, 0.4) is 0 Å². The summed E-state index contributed by atoms with van der Waals surface area (Å²) in [5.41, 5.74) is 2.09. The van der Waals surface area contributed by atoms with E-state index in [1.165, 1.54) is 17.1 Å². The molecule has 0 bridgehead atoms. The van der Waals surface area contributed by atoms with E-state index >= 15 is 0 Å². The minimum atomic E-state index is -1.72. The molecular weight excluding hydrogens is 279 g/mol. The number of hydrogen-bond donors (Lipinski definition) is 3. The highest BCUT2D eigenvalue weighted by molar-refractivity contribution is 6.38. The maximum Gasteiger partial charge on any atom is 0.592 e. The molecule has 0 unspecified atom stereocenters. The van der Waals surface area contributed by atoms with Crippen molar-refractivity contribution in [3.05, 3.63) is 77.5 Å². The lowest BCUT2D eigenvalue weighted by atomic mass is 10.0. The van der Waals surface area contributed by atoms with E-state index in [1.807, 2.05) is 49.3 Å². The van der Waals surface area contributed by atoms with Crippen molar-refractivity contribution >= 4 is 13.3 Å². The quantitative estimate of drug-likeness (QED) is 0.583. The van der Waals surface area contributed by atoms with Gasteiger partial charge < -0.3 is 24.9 Å². The molecule has 0 radical (unpaired) electrons. The zero-order valence-electron chi connectivity index (χ0n) is 12.6. The minimum absolute atomic E-state index is 0.0550. The Bertz CT molecular complexity index is 634. The molecule has 3 N–H and O–H groups in total. The first-order chi connectivity index (χ1) is 10.5. The number of benzene rings is 1. The van der Waals surface area contributed by atoms with Crippen LogP contribution in [0.25, 0.3) is 6.08 Å². The van der Waals surface area contributed by atoms with Crippen LogP contribution in [0.15, 0.2) is 71.9 Å². The summed E-state index contributed by atoms with van der Waals surface area (Å²) in [6.07, 6.45) is 8.22. The lowest BCUT2D eigenvalue weighted by Gasteiger charge is -2.27. The van der Waals surface area contributed by atoms with Crippen LogP contribution in [0.2, 0.25) is 0 Å². The number of nitrogens with zero attached hydrogens (tertiary/aromatic N) is 2.